The van der Waals surface area contributed by atoms with Crippen LogP contribution in [-0.2, 0) is 14.8 Å². The zero-order valence-electron chi connectivity index (χ0n) is 10.6. The highest BCUT2D eigenvalue weighted by Crippen LogP contribution is 2.38. The van der Waals surface area contributed by atoms with Crippen LogP contribution in [0, 0.1) is 17.7 Å². The quantitative estimate of drug-likeness (QED) is 0.886. The molecule has 0 bridgehead atoms. The van der Waals surface area contributed by atoms with E-state index >= 15 is 0 Å². The van der Waals surface area contributed by atoms with Crippen molar-refractivity contribution in [2.24, 2.45) is 11.8 Å². The molecule has 0 heterocycles. The summed E-state index contributed by atoms with van der Waals surface area (Å²) in [5, 5.41) is 2.65. The largest absolute Gasteiger partial charge is 0.326 e. The zero-order valence-corrected chi connectivity index (χ0v) is 11.4. The highest BCUT2D eigenvalue weighted by molar-refractivity contribution is 7.92. The van der Waals surface area contributed by atoms with Crippen LogP contribution in [0.4, 0.5) is 15.8 Å². The molecule has 0 aliphatic heterocycles. The third-order valence-corrected chi connectivity index (χ3v) is 3.57. The van der Waals surface area contributed by atoms with Gasteiger partial charge in [-0.05, 0) is 30.5 Å². The molecule has 1 amide bonds. The first-order valence-corrected chi connectivity index (χ1v) is 7.73. The minimum atomic E-state index is -3.56. The van der Waals surface area contributed by atoms with Crippen molar-refractivity contribution in [1.29, 1.82) is 0 Å². The molecule has 19 heavy (non-hydrogen) atoms. The average molecular weight is 286 g/mol. The van der Waals surface area contributed by atoms with Crippen molar-refractivity contribution in [3.8, 4) is 0 Å². The van der Waals surface area contributed by atoms with Gasteiger partial charge < -0.3 is 5.32 Å². The molecule has 1 saturated carbocycles. The van der Waals surface area contributed by atoms with Crippen molar-refractivity contribution >= 4 is 27.3 Å². The predicted octanol–water partition coefficient (Wildman–Crippen LogP) is 1.79. The summed E-state index contributed by atoms with van der Waals surface area (Å²) in [6.45, 7) is 1.98. The van der Waals surface area contributed by atoms with Crippen molar-refractivity contribution in [2.75, 3.05) is 16.3 Å². The molecule has 1 aromatic rings. The van der Waals surface area contributed by atoms with Gasteiger partial charge in [0.2, 0.25) is 15.9 Å². The van der Waals surface area contributed by atoms with Crippen LogP contribution in [0.15, 0.2) is 18.2 Å². The molecule has 0 aromatic heterocycles. The van der Waals surface area contributed by atoms with Crippen LogP contribution in [0.25, 0.3) is 0 Å². The second-order valence-corrected chi connectivity index (χ2v) is 6.63. The summed E-state index contributed by atoms with van der Waals surface area (Å²) in [7, 11) is -3.56. The van der Waals surface area contributed by atoms with Gasteiger partial charge in [-0.3, -0.25) is 9.52 Å². The Morgan fingerprint density at radius 1 is 1.42 bits per heavy atom. The normalized spacial score (nSPS) is 21.8. The number of hydrogen-bond acceptors (Lipinski definition) is 3. The number of carbonyl (C=O) groups is 1. The molecule has 1 aromatic carbocycles. The van der Waals surface area contributed by atoms with Gasteiger partial charge in [0.1, 0.15) is 5.82 Å². The molecule has 7 heteroatoms. The number of anilines is 2. The maximum atomic E-state index is 13.4. The Morgan fingerprint density at radius 3 is 2.58 bits per heavy atom. The van der Waals surface area contributed by atoms with Crippen LogP contribution in [0.3, 0.4) is 0 Å². The smallest absolute Gasteiger partial charge is 0.229 e. The van der Waals surface area contributed by atoms with E-state index in [9.17, 15) is 17.6 Å². The number of sulfonamides is 1. The van der Waals surface area contributed by atoms with E-state index in [2.05, 4.69) is 10.0 Å². The Balaban J connectivity index is 2.14. The molecule has 0 unspecified atom stereocenters. The van der Waals surface area contributed by atoms with Crippen molar-refractivity contribution in [3.05, 3.63) is 24.0 Å². The number of benzene rings is 1. The third-order valence-electron chi connectivity index (χ3n) is 2.98. The summed E-state index contributed by atoms with van der Waals surface area (Å²) in [5.74, 6) is -0.446. The standard InChI is InChI=1S/C12H15FN2O3S/c1-7-5-9(7)12(16)14-8-3-4-10(13)11(6-8)15-19(2,17)18/h3-4,6-7,9,15H,5H2,1-2H3,(H,14,16)/t7-,9-/m1/s1. The highest BCUT2D eigenvalue weighted by Gasteiger charge is 2.39. The molecule has 0 radical (unpaired) electrons. The molecular weight excluding hydrogens is 271 g/mol. The second-order valence-electron chi connectivity index (χ2n) is 4.88. The Labute approximate surface area is 111 Å². The topological polar surface area (TPSA) is 75.3 Å². The Kier molecular flexibility index (Phi) is 3.49. The zero-order chi connectivity index (χ0) is 14.2. The SMILES string of the molecule is C[C@@H]1C[C@H]1C(=O)Nc1ccc(F)c(NS(C)(=O)=O)c1. The summed E-state index contributed by atoms with van der Waals surface area (Å²) in [6, 6.07) is 3.77. The number of amides is 1. The van der Waals surface area contributed by atoms with E-state index in [1.165, 1.54) is 12.1 Å². The van der Waals surface area contributed by atoms with Crippen LogP contribution < -0.4 is 10.0 Å². The summed E-state index contributed by atoms with van der Waals surface area (Å²) >= 11 is 0. The molecular formula is C12H15FN2O3S. The monoisotopic (exact) mass is 286 g/mol. The first-order valence-electron chi connectivity index (χ1n) is 5.84. The molecule has 0 spiro atoms. The number of hydrogen-bond donors (Lipinski definition) is 2. The maximum Gasteiger partial charge on any atom is 0.229 e. The Hall–Kier alpha value is -1.63. The van der Waals surface area contributed by atoms with Crippen molar-refractivity contribution in [3.63, 3.8) is 0 Å². The maximum absolute atomic E-state index is 13.4. The van der Waals surface area contributed by atoms with E-state index in [0.29, 0.717) is 11.6 Å². The van der Waals surface area contributed by atoms with E-state index in [-0.39, 0.29) is 17.5 Å². The molecule has 1 aliphatic carbocycles. The van der Waals surface area contributed by atoms with Crippen LogP contribution in [0.1, 0.15) is 13.3 Å². The average Bonchev–Trinajstić information content (AvgIpc) is 2.98. The van der Waals surface area contributed by atoms with Gasteiger partial charge in [-0.25, -0.2) is 12.8 Å². The summed E-state index contributed by atoms with van der Waals surface area (Å²) in [5.41, 5.74) is 0.195. The van der Waals surface area contributed by atoms with Crippen LogP contribution in [0.5, 0.6) is 0 Å². The number of halogens is 1. The minimum Gasteiger partial charge on any atom is -0.326 e. The van der Waals surface area contributed by atoms with Gasteiger partial charge in [0.05, 0.1) is 11.9 Å². The van der Waals surface area contributed by atoms with E-state index < -0.39 is 15.8 Å². The van der Waals surface area contributed by atoms with Crippen LogP contribution in [0.2, 0.25) is 0 Å². The fourth-order valence-electron chi connectivity index (χ4n) is 1.80. The first kappa shape index (κ1) is 13.8. The molecule has 5 nitrogen and oxygen atoms in total. The highest BCUT2D eigenvalue weighted by atomic mass is 32.2. The fourth-order valence-corrected chi connectivity index (χ4v) is 2.36. The molecule has 1 fully saturated rings. The second kappa shape index (κ2) is 4.80. The Morgan fingerprint density at radius 2 is 2.05 bits per heavy atom. The summed E-state index contributed by atoms with van der Waals surface area (Å²) in [6.07, 6.45) is 1.78. The van der Waals surface area contributed by atoms with Gasteiger partial charge in [-0.1, -0.05) is 6.92 Å². The van der Waals surface area contributed by atoms with Crippen LogP contribution >= 0.6 is 0 Å². The Bertz CT molecular complexity index is 615. The van der Waals surface area contributed by atoms with Crippen molar-refractivity contribution in [1.82, 2.24) is 0 Å². The molecule has 104 valence electrons. The van der Waals surface area contributed by atoms with E-state index in [1.54, 1.807) is 0 Å². The number of rotatable bonds is 4. The van der Waals surface area contributed by atoms with Crippen molar-refractivity contribution < 1.29 is 17.6 Å². The van der Waals surface area contributed by atoms with Gasteiger partial charge >= 0.3 is 0 Å². The lowest BCUT2D eigenvalue weighted by Crippen LogP contribution is -2.15. The molecule has 2 atom stereocenters. The predicted molar refractivity (Wildman–Crippen MR) is 70.8 cm³/mol. The molecule has 2 N–H and O–H groups in total. The van der Waals surface area contributed by atoms with Crippen LogP contribution in [-0.4, -0.2) is 20.6 Å². The van der Waals surface area contributed by atoms with Gasteiger partial charge in [0.25, 0.3) is 0 Å². The van der Waals surface area contributed by atoms with Gasteiger partial charge in [0, 0.05) is 11.6 Å². The lowest BCUT2D eigenvalue weighted by Gasteiger charge is -2.09. The minimum absolute atomic E-state index is 0.00336. The van der Waals surface area contributed by atoms with Gasteiger partial charge in [-0.15, -0.1) is 0 Å². The van der Waals surface area contributed by atoms with Gasteiger partial charge in [-0.2, -0.15) is 0 Å². The molecule has 1 aliphatic rings. The number of nitrogens with one attached hydrogen (secondary N) is 2. The first-order chi connectivity index (χ1) is 8.76. The molecule has 2 rings (SSSR count). The summed E-state index contributed by atoms with van der Waals surface area (Å²) in [4.78, 5) is 11.7. The number of carbonyl (C=O) groups excluding carboxylic acids is 1. The lowest BCUT2D eigenvalue weighted by atomic mass is 10.2. The third kappa shape index (κ3) is 3.66. The van der Waals surface area contributed by atoms with Crippen molar-refractivity contribution in [2.45, 2.75) is 13.3 Å². The van der Waals surface area contributed by atoms with E-state index in [0.717, 1.165) is 18.7 Å². The molecule has 0 saturated heterocycles. The fraction of sp³-hybridized carbons (Fsp3) is 0.417. The summed E-state index contributed by atoms with van der Waals surface area (Å²) < 4.78 is 37.7. The van der Waals surface area contributed by atoms with E-state index in [4.69, 9.17) is 0 Å². The van der Waals surface area contributed by atoms with E-state index in [1.807, 2.05) is 6.92 Å². The lowest BCUT2D eigenvalue weighted by molar-refractivity contribution is -0.117. The van der Waals surface area contributed by atoms with Gasteiger partial charge in [0.15, 0.2) is 0 Å².